The maximum atomic E-state index is 11.5. The molecular formula is C19H31NO2. The van der Waals surface area contributed by atoms with Gasteiger partial charge in [0.15, 0.2) is 0 Å². The Morgan fingerprint density at radius 3 is 2.55 bits per heavy atom. The van der Waals surface area contributed by atoms with E-state index in [0.717, 1.165) is 61.4 Å². The fourth-order valence-corrected chi connectivity index (χ4v) is 8.21. The summed E-state index contributed by atoms with van der Waals surface area (Å²) in [5.74, 6) is 6.77. The summed E-state index contributed by atoms with van der Waals surface area (Å²) >= 11 is 0. The molecule has 0 radical (unpaired) electrons. The van der Waals surface area contributed by atoms with Crippen molar-refractivity contribution in [1.29, 1.82) is 0 Å². The minimum absolute atomic E-state index is 0.208. The summed E-state index contributed by atoms with van der Waals surface area (Å²) in [5, 5.41) is 24.2. The Morgan fingerprint density at radius 2 is 1.77 bits per heavy atom. The molecule has 0 aromatic carbocycles. The van der Waals surface area contributed by atoms with Gasteiger partial charge in [-0.3, -0.25) is 0 Å². The van der Waals surface area contributed by atoms with E-state index in [9.17, 15) is 5.11 Å². The Kier molecular flexibility index (Phi) is 2.77. The van der Waals surface area contributed by atoms with Crippen LogP contribution in [0, 0.1) is 52.8 Å². The zero-order valence-electron chi connectivity index (χ0n) is 14.0. The summed E-state index contributed by atoms with van der Waals surface area (Å²) < 4.78 is 0. The Balaban J connectivity index is 1.26. The topological polar surface area (TPSA) is 52.5 Å². The van der Waals surface area contributed by atoms with E-state index in [1.807, 2.05) is 0 Å². The zero-order chi connectivity index (χ0) is 15.3. The van der Waals surface area contributed by atoms with Crippen LogP contribution in [-0.4, -0.2) is 35.5 Å². The maximum Gasteiger partial charge on any atom is 0.0838 e. The van der Waals surface area contributed by atoms with Gasteiger partial charge in [0.2, 0.25) is 0 Å². The number of hydrogen-bond donors (Lipinski definition) is 3. The number of aliphatic hydroxyl groups excluding tert-OH is 1. The molecule has 3 nitrogen and oxygen atoms in total. The second-order valence-corrected chi connectivity index (χ2v) is 9.92. The van der Waals surface area contributed by atoms with Crippen LogP contribution in [0.5, 0.6) is 0 Å². The van der Waals surface area contributed by atoms with Gasteiger partial charge in [-0.2, -0.15) is 0 Å². The van der Waals surface area contributed by atoms with Crippen LogP contribution in [0.25, 0.3) is 0 Å². The molecule has 9 unspecified atom stereocenters. The van der Waals surface area contributed by atoms with E-state index in [4.69, 9.17) is 5.11 Å². The minimum atomic E-state index is -0.391. The molecule has 5 aliphatic carbocycles. The van der Waals surface area contributed by atoms with Gasteiger partial charge in [0, 0.05) is 19.7 Å². The molecule has 2 bridgehead atoms. The van der Waals surface area contributed by atoms with Gasteiger partial charge in [0.1, 0.15) is 0 Å². The van der Waals surface area contributed by atoms with Crippen LogP contribution in [0.2, 0.25) is 0 Å². The standard InChI is InChI=1S/C19H31NO2/c1-18(2,4-3-5-21)8-20-9-19(22)16-11-7-12-14-10(11)6-13(16)15(14)17(12)19/h10-17,20-22H,3-9H2,1-2H3. The Hall–Kier alpha value is -0.120. The summed E-state index contributed by atoms with van der Waals surface area (Å²) in [4.78, 5) is 0. The molecule has 22 heavy (non-hydrogen) atoms. The highest BCUT2D eigenvalue weighted by molar-refractivity contribution is 5.32. The van der Waals surface area contributed by atoms with Crippen LogP contribution in [0.15, 0.2) is 0 Å². The number of rotatable bonds is 7. The zero-order valence-corrected chi connectivity index (χ0v) is 14.0. The third-order valence-electron chi connectivity index (χ3n) is 8.54. The molecule has 9 atom stereocenters. The molecule has 0 aromatic heterocycles. The van der Waals surface area contributed by atoms with Gasteiger partial charge < -0.3 is 15.5 Å². The Morgan fingerprint density at radius 1 is 1.05 bits per heavy atom. The van der Waals surface area contributed by atoms with Crippen LogP contribution >= 0.6 is 0 Å². The molecule has 0 saturated heterocycles. The van der Waals surface area contributed by atoms with Gasteiger partial charge in [0.05, 0.1) is 5.60 Å². The second-order valence-electron chi connectivity index (χ2n) is 9.92. The molecule has 5 aliphatic rings. The molecule has 0 spiro atoms. The average molecular weight is 305 g/mol. The van der Waals surface area contributed by atoms with E-state index < -0.39 is 5.60 Å². The summed E-state index contributed by atoms with van der Waals surface area (Å²) in [6.45, 7) is 6.57. The highest BCUT2D eigenvalue weighted by Crippen LogP contribution is 2.85. The second kappa shape index (κ2) is 4.29. The average Bonchev–Trinajstić information content (AvgIpc) is 2.95. The lowest BCUT2D eigenvalue weighted by Gasteiger charge is -2.52. The monoisotopic (exact) mass is 305 g/mol. The van der Waals surface area contributed by atoms with E-state index in [1.54, 1.807) is 0 Å². The van der Waals surface area contributed by atoms with E-state index in [-0.39, 0.29) is 12.0 Å². The van der Waals surface area contributed by atoms with Gasteiger partial charge in [-0.1, -0.05) is 13.8 Å². The van der Waals surface area contributed by atoms with Crippen molar-refractivity contribution in [3.63, 3.8) is 0 Å². The van der Waals surface area contributed by atoms with Gasteiger partial charge in [-0.25, -0.2) is 0 Å². The van der Waals surface area contributed by atoms with Crippen LogP contribution in [-0.2, 0) is 0 Å². The fourth-order valence-electron chi connectivity index (χ4n) is 8.21. The van der Waals surface area contributed by atoms with Gasteiger partial charge in [-0.05, 0) is 78.4 Å². The molecule has 124 valence electrons. The molecule has 5 saturated carbocycles. The van der Waals surface area contributed by atoms with E-state index in [2.05, 4.69) is 19.2 Å². The largest absolute Gasteiger partial charge is 0.396 e. The minimum Gasteiger partial charge on any atom is -0.396 e. The van der Waals surface area contributed by atoms with Gasteiger partial charge in [-0.15, -0.1) is 0 Å². The smallest absolute Gasteiger partial charge is 0.0838 e. The van der Waals surface area contributed by atoms with Crippen molar-refractivity contribution in [2.75, 3.05) is 19.7 Å². The molecule has 0 amide bonds. The fraction of sp³-hybridized carbons (Fsp3) is 1.00. The number of fused-ring (bicyclic) bond motifs is 2. The first-order valence-electron chi connectivity index (χ1n) is 9.52. The summed E-state index contributed by atoms with van der Waals surface area (Å²) in [6.07, 6.45) is 4.81. The predicted octanol–water partition coefficient (Wildman–Crippen LogP) is 1.88. The first kappa shape index (κ1) is 14.2. The highest BCUT2D eigenvalue weighted by Gasteiger charge is 2.84. The number of hydrogen-bond acceptors (Lipinski definition) is 3. The lowest BCUT2D eigenvalue weighted by Crippen LogP contribution is -2.59. The van der Waals surface area contributed by atoms with Crippen molar-refractivity contribution in [1.82, 2.24) is 5.32 Å². The van der Waals surface area contributed by atoms with Crippen molar-refractivity contribution in [2.24, 2.45) is 52.8 Å². The molecule has 3 N–H and O–H groups in total. The summed E-state index contributed by atoms with van der Waals surface area (Å²) in [6, 6.07) is 0. The molecular weight excluding hydrogens is 274 g/mol. The van der Waals surface area contributed by atoms with Crippen molar-refractivity contribution in [2.45, 2.75) is 45.1 Å². The van der Waals surface area contributed by atoms with Crippen molar-refractivity contribution in [3.8, 4) is 0 Å². The molecule has 0 heterocycles. The quantitative estimate of drug-likeness (QED) is 0.673. The third-order valence-corrected chi connectivity index (χ3v) is 8.54. The molecule has 3 heteroatoms. The van der Waals surface area contributed by atoms with Gasteiger partial charge in [0.25, 0.3) is 0 Å². The van der Waals surface area contributed by atoms with Crippen molar-refractivity contribution in [3.05, 3.63) is 0 Å². The van der Waals surface area contributed by atoms with Crippen LogP contribution in [0.3, 0.4) is 0 Å². The van der Waals surface area contributed by atoms with Gasteiger partial charge >= 0.3 is 0 Å². The van der Waals surface area contributed by atoms with E-state index in [1.165, 1.54) is 12.8 Å². The number of aliphatic hydroxyl groups is 2. The van der Waals surface area contributed by atoms with Crippen LogP contribution < -0.4 is 5.32 Å². The van der Waals surface area contributed by atoms with Crippen LogP contribution in [0.4, 0.5) is 0 Å². The first-order chi connectivity index (χ1) is 10.5. The summed E-state index contributed by atoms with van der Waals surface area (Å²) in [7, 11) is 0. The first-order valence-corrected chi connectivity index (χ1v) is 9.52. The SMILES string of the molecule is CC(C)(CCCO)CNCC1(O)C2C3CC4C5C3CC2C5C41. The maximum absolute atomic E-state index is 11.5. The molecule has 0 aliphatic heterocycles. The number of nitrogens with one attached hydrogen (secondary N) is 1. The third kappa shape index (κ3) is 1.49. The van der Waals surface area contributed by atoms with E-state index in [0.29, 0.717) is 11.8 Å². The normalized spacial score (nSPS) is 56.2. The van der Waals surface area contributed by atoms with Crippen molar-refractivity contribution >= 4 is 0 Å². The lowest BCUT2D eigenvalue weighted by atomic mass is 9.56. The lowest BCUT2D eigenvalue weighted by molar-refractivity contribution is -0.128. The molecule has 0 aromatic rings. The Bertz CT molecular complexity index is 486. The van der Waals surface area contributed by atoms with E-state index >= 15 is 0 Å². The molecule has 5 rings (SSSR count). The van der Waals surface area contributed by atoms with Crippen LogP contribution in [0.1, 0.15) is 39.5 Å². The molecule has 5 fully saturated rings. The highest BCUT2D eigenvalue weighted by atomic mass is 16.3. The van der Waals surface area contributed by atoms with Crippen molar-refractivity contribution < 1.29 is 10.2 Å². The summed E-state index contributed by atoms with van der Waals surface area (Å²) in [5.41, 5.74) is -0.183. The predicted molar refractivity (Wildman–Crippen MR) is 85.1 cm³/mol. The Labute approximate surface area is 133 Å².